The molecule has 248 valence electrons. The van der Waals surface area contributed by atoms with Gasteiger partial charge in [0.1, 0.15) is 12.7 Å². The van der Waals surface area contributed by atoms with E-state index in [-0.39, 0.29) is 59.1 Å². The van der Waals surface area contributed by atoms with Gasteiger partial charge in [0.15, 0.2) is 0 Å². The number of carbonyl (C=O) groups excluding carboxylic acids is 3. The third kappa shape index (κ3) is 6.77. The van der Waals surface area contributed by atoms with Crippen molar-refractivity contribution < 1.29 is 43.6 Å². The molecule has 0 aliphatic heterocycles. The van der Waals surface area contributed by atoms with Gasteiger partial charge in [-0.1, -0.05) is 38.0 Å². The van der Waals surface area contributed by atoms with E-state index in [1.165, 1.54) is 32.1 Å². The Morgan fingerprint density at radius 3 is 2.23 bits per heavy atom. The highest BCUT2D eigenvalue weighted by atomic mass is 16.5. The standard InChI is InChI=1S/C35H54O9/c1-21(31(39)40)10-12-28(44-24(4)37)22(2)25-14-17-34(8)26-11-13-29(32(5,6)41)35(20-43-23(3)36,19-16-30(38)42-9)27(26)15-18-33(25,34)7/h10,22,25,28-29,41H,11-20H2,1-9H3,(H,39,40)/b21-10-/t22-,25+,28-,29-,33+,34-,35-/m0/s1. The van der Waals surface area contributed by atoms with E-state index in [1.807, 2.05) is 13.8 Å². The molecule has 0 spiro atoms. The number of hydrogen-bond donors (Lipinski definition) is 2. The van der Waals surface area contributed by atoms with Crippen molar-refractivity contribution >= 4 is 23.9 Å². The lowest BCUT2D eigenvalue weighted by atomic mass is 9.46. The predicted molar refractivity (Wildman–Crippen MR) is 165 cm³/mol. The molecule has 0 unspecified atom stereocenters. The second-order valence-corrected chi connectivity index (χ2v) is 14.5. The van der Waals surface area contributed by atoms with Crippen LogP contribution in [0.5, 0.6) is 0 Å². The molecule has 9 heteroatoms. The smallest absolute Gasteiger partial charge is 0.330 e. The van der Waals surface area contributed by atoms with E-state index in [2.05, 4.69) is 20.8 Å². The number of ether oxygens (including phenoxy) is 3. The first-order valence-corrected chi connectivity index (χ1v) is 16.1. The number of fused-ring (bicyclic) bond motifs is 2. The van der Waals surface area contributed by atoms with Crippen LogP contribution in [-0.2, 0) is 33.4 Å². The van der Waals surface area contributed by atoms with Crippen molar-refractivity contribution in [3.8, 4) is 0 Å². The molecule has 2 N–H and O–H groups in total. The number of carboxylic acid groups (broad SMARTS) is 1. The van der Waals surface area contributed by atoms with Crippen molar-refractivity contribution in [3.05, 3.63) is 22.8 Å². The van der Waals surface area contributed by atoms with Crippen LogP contribution >= 0.6 is 0 Å². The third-order valence-electron chi connectivity index (χ3n) is 11.8. The molecule has 7 atom stereocenters. The Morgan fingerprint density at radius 2 is 1.68 bits per heavy atom. The van der Waals surface area contributed by atoms with Crippen LogP contribution in [0.3, 0.4) is 0 Å². The van der Waals surface area contributed by atoms with Gasteiger partial charge in [-0.2, -0.15) is 0 Å². The van der Waals surface area contributed by atoms with Crippen molar-refractivity contribution in [2.75, 3.05) is 13.7 Å². The normalized spacial score (nSPS) is 31.8. The number of allylic oxidation sites excluding steroid dienone is 1. The van der Waals surface area contributed by atoms with Crippen LogP contribution in [0.2, 0.25) is 0 Å². The molecule has 0 radical (unpaired) electrons. The monoisotopic (exact) mass is 618 g/mol. The Bertz CT molecular complexity index is 1190. The maximum atomic E-state index is 12.5. The summed E-state index contributed by atoms with van der Waals surface area (Å²) in [4.78, 5) is 48.2. The summed E-state index contributed by atoms with van der Waals surface area (Å²) in [5.74, 6) is -2.11. The van der Waals surface area contributed by atoms with Crippen molar-refractivity contribution in [2.24, 2.45) is 34.0 Å². The number of esters is 3. The topological polar surface area (TPSA) is 136 Å². The molecular formula is C35H54O9. The minimum Gasteiger partial charge on any atom is -0.478 e. The van der Waals surface area contributed by atoms with Crippen LogP contribution in [0.25, 0.3) is 0 Å². The summed E-state index contributed by atoms with van der Waals surface area (Å²) in [6.07, 6.45) is 7.07. The fraction of sp³-hybridized carbons (Fsp3) is 0.771. The highest BCUT2D eigenvalue weighted by molar-refractivity contribution is 5.85. The minimum atomic E-state index is -1.07. The van der Waals surface area contributed by atoms with Gasteiger partial charge in [-0.15, -0.1) is 0 Å². The Hall–Kier alpha value is -2.68. The van der Waals surface area contributed by atoms with E-state index in [0.29, 0.717) is 19.3 Å². The van der Waals surface area contributed by atoms with Gasteiger partial charge in [0, 0.05) is 43.6 Å². The highest BCUT2D eigenvalue weighted by Crippen LogP contribution is 2.71. The Labute approximate surface area is 262 Å². The van der Waals surface area contributed by atoms with Crippen LogP contribution in [0.1, 0.15) is 113 Å². The second-order valence-electron chi connectivity index (χ2n) is 14.5. The molecule has 3 aliphatic carbocycles. The predicted octanol–water partition coefficient (Wildman–Crippen LogP) is 6.17. The van der Waals surface area contributed by atoms with Gasteiger partial charge in [0.25, 0.3) is 0 Å². The molecule has 1 fully saturated rings. The number of aliphatic hydroxyl groups is 1. The number of carboxylic acids is 1. The zero-order valence-corrected chi connectivity index (χ0v) is 28.2. The lowest BCUT2D eigenvalue weighted by Crippen LogP contribution is -2.54. The lowest BCUT2D eigenvalue weighted by molar-refractivity contribution is -0.152. The van der Waals surface area contributed by atoms with Gasteiger partial charge in [0.05, 0.1) is 12.7 Å². The lowest BCUT2D eigenvalue weighted by Gasteiger charge is -2.59. The van der Waals surface area contributed by atoms with Crippen LogP contribution in [0.4, 0.5) is 0 Å². The third-order valence-corrected chi connectivity index (χ3v) is 11.8. The molecule has 0 saturated heterocycles. The molecule has 0 bridgehead atoms. The zero-order valence-electron chi connectivity index (χ0n) is 28.2. The minimum absolute atomic E-state index is 0.0106. The molecule has 44 heavy (non-hydrogen) atoms. The summed E-state index contributed by atoms with van der Waals surface area (Å²) in [6, 6.07) is 0. The number of aliphatic carboxylic acids is 1. The van der Waals surface area contributed by atoms with E-state index in [4.69, 9.17) is 14.2 Å². The summed E-state index contributed by atoms with van der Waals surface area (Å²) in [5.41, 5.74) is 0.691. The molecule has 1 saturated carbocycles. The van der Waals surface area contributed by atoms with Crippen LogP contribution in [0, 0.1) is 34.0 Å². The van der Waals surface area contributed by atoms with E-state index in [9.17, 15) is 29.4 Å². The summed E-state index contributed by atoms with van der Waals surface area (Å²) < 4.78 is 16.6. The Morgan fingerprint density at radius 1 is 1.02 bits per heavy atom. The Kier molecular flexibility index (Phi) is 10.9. The molecule has 0 aromatic rings. The number of hydrogen-bond acceptors (Lipinski definition) is 8. The zero-order chi connectivity index (χ0) is 33.3. The SMILES string of the molecule is COC(=O)CC[C@]1(COC(C)=O)C2=C(CC[C@H]1C(C)(C)O)[C@]1(C)CC[C@H]([C@H](C)[C@H](C/C=C(/C)C(=O)O)OC(C)=O)[C@@]1(C)CC2. The summed E-state index contributed by atoms with van der Waals surface area (Å²) >= 11 is 0. The molecular weight excluding hydrogens is 564 g/mol. The van der Waals surface area contributed by atoms with E-state index >= 15 is 0 Å². The summed E-state index contributed by atoms with van der Waals surface area (Å²) in [7, 11) is 1.37. The first-order valence-electron chi connectivity index (χ1n) is 16.1. The van der Waals surface area contributed by atoms with Gasteiger partial charge < -0.3 is 24.4 Å². The largest absolute Gasteiger partial charge is 0.478 e. The Balaban J connectivity index is 2.10. The maximum absolute atomic E-state index is 12.5. The van der Waals surface area contributed by atoms with Crippen LogP contribution < -0.4 is 0 Å². The van der Waals surface area contributed by atoms with E-state index in [1.54, 1.807) is 13.0 Å². The van der Waals surface area contributed by atoms with Crippen LogP contribution in [0.15, 0.2) is 22.8 Å². The molecule has 0 heterocycles. The fourth-order valence-electron chi connectivity index (χ4n) is 9.37. The van der Waals surface area contributed by atoms with Gasteiger partial charge in [-0.05, 0) is 88.4 Å². The van der Waals surface area contributed by atoms with Gasteiger partial charge in [-0.25, -0.2) is 4.79 Å². The molecule has 9 nitrogen and oxygen atoms in total. The quantitative estimate of drug-likeness (QED) is 0.114. The molecule has 3 aliphatic rings. The van der Waals surface area contributed by atoms with E-state index < -0.39 is 29.1 Å². The number of methoxy groups -OCH3 is 1. The molecule has 3 rings (SSSR count). The molecule has 0 aromatic heterocycles. The van der Waals surface area contributed by atoms with Crippen molar-refractivity contribution in [2.45, 2.75) is 125 Å². The van der Waals surface area contributed by atoms with Crippen molar-refractivity contribution in [1.29, 1.82) is 0 Å². The fourth-order valence-corrected chi connectivity index (χ4v) is 9.37. The first kappa shape index (κ1) is 35.8. The number of rotatable bonds is 12. The van der Waals surface area contributed by atoms with Gasteiger partial charge in [-0.3, -0.25) is 14.4 Å². The first-order chi connectivity index (χ1) is 20.3. The molecule has 0 amide bonds. The van der Waals surface area contributed by atoms with E-state index in [0.717, 1.165) is 32.1 Å². The highest BCUT2D eigenvalue weighted by Gasteiger charge is 2.63. The van der Waals surface area contributed by atoms with Gasteiger partial charge in [0.2, 0.25) is 0 Å². The van der Waals surface area contributed by atoms with Gasteiger partial charge >= 0.3 is 23.9 Å². The summed E-state index contributed by atoms with van der Waals surface area (Å²) in [6.45, 7) is 14.8. The maximum Gasteiger partial charge on any atom is 0.330 e. The van der Waals surface area contributed by atoms with Crippen molar-refractivity contribution in [1.82, 2.24) is 0 Å². The average molecular weight is 619 g/mol. The second kappa shape index (κ2) is 13.4. The average Bonchev–Trinajstić information content (AvgIpc) is 3.22. The van der Waals surface area contributed by atoms with Crippen LogP contribution in [-0.4, -0.2) is 59.5 Å². The van der Waals surface area contributed by atoms with Crippen molar-refractivity contribution in [3.63, 3.8) is 0 Å². The molecule has 0 aromatic carbocycles. The summed E-state index contributed by atoms with van der Waals surface area (Å²) in [5, 5.41) is 20.8. The number of carbonyl (C=O) groups is 4.